The van der Waals surface area contributed by atoms with Gasteiger partial charge in [0, 0.05) is 19.8 Å². The van der Waals surface area contributed by atoms with Crippen LogP contribution in [0.1, 0.15) is 0 Å². The van der Waals surface area contributed by atoms with Crippen LogP contribution in [0.2, 0.25) is 0 Å². The van der Waals surface area contributed by atoms with Crippen molar-refractivity contribution >= 4 is 39.8 Å². The van der Waals surface area contributed by atoms with Gasteiger partial charge >= 0.3 is 0 Å². The standard InChI is InChI=1S/C15H25N3O4S.HI/c1-16-15(17-8-10-21-12-13-23(2,19)20)18-9-11-22-14-6-4-3-5-7-14;/h3-7H,8-13H2,1-2H3,(H2,16,17,18);1H. The lowest BCUT2D eigenvalue weighted by molar-refractivity contribution is 0.154. The van der Waals surface area contributed by atoms with Gasteiger partial charge < -0.3 is 20.1 Å². The van der Waals surface area contributed by atoms with Crippen molar-refractivity contribution in [2.24, 2.45) is 4.99 Å². The van der Waals surface area contributed by atoms with Crippen LogP contribution in [0.25, 0.3) is 0 Å². The van der Waals surface area contributed by atoms with Crippen molar-refractivity contribution in [3.8, 4) is 5.75 Å². The Morgan fingerprint density at radius 3 is 2.29 bits per heavy atom. The van der Waals surface area contributed by atoms with E-state index in [1.807, 2.05) is 30.3 Å². The van der Waals surface area contributed by atoms with E-state index in [0.29, 0.717) is 32.3 Å². The summed E-state index contributed by atoms with van der Waals surface area (Å²) in [6, 6.07) is 9.59. The molecule has 0 fully saturated rings. The van der Waals surface area contributed by atoms with Crippen LogP contribution in [0.3, 0.4) is 0 Å². The van der Waals surface area contributed by atoms with Crippen molar-refractivity contribution in [1.29, 1.82) is 0 Å². The molecule has 0 aromatic heterocycles. The molecule has 0 aliphatic heterocycles. The van der Waals surface area contributed by atoms with E-state index in [9.17, 15) is 8.42 Å². The third-order valence-corrected chi connectivity index (χ3v) is 3.68. The summed E-state index contributed by atoms with van der Waals surface area (Å²) in [7, 11) is -1.29. The molecule has 9 heteroatoms. The normalized spacial score (nSPS) is 11.5. The Morgan fingerprint density at radius 1 is 1.08 bits per heavy atom. The van der Waals surface area contributed by atoms with E-state index in [1.54, 1.807) is 7.05 Å². The summed E-state index contributed by atoms with van der Waals surface area (Å²) in [4.78, 5) is 4.08. The number of ether oxygens (including phenoxy) is 2. The predicted octanol–water partition coefficient (Wildman–Crippen LogP) is 0.910. The molecule has 0 amide bonds. The van der Waals surface area contributed by atoms with Gasteiger partial charge in [0.1, 0.15) is 22.2 Å². The first-order valence-electron chi connectivity index (χ1n) is 7.39. The molecule has 1 aromatic rings. The summed E-state index contributed by atoms with van der Waals surface area (Å²) in [5.41, 5.74) is 0. The summed E-state index contributed by atoms with van der Waals surface area (Å²) in [6.07, 6.45) is 1.19. The lowest BCUT2D eigenvalue weighted by Gasteiger charge is -2.12. The highest BCUT2D eigenvalue weighted by Gasteiger charge is 2.01. The first-order valence-corrected chi connectivity index (χ1v) is 9.45. The number of sulfone groups is 1. The van der Waals surface area contributed by atoms with Crippen molar-refractivity contribution in [3.63, 3.8) is 0 Å². The zero-order chi connectivity index (χ0) is 17.0. The Balaban J connectivity index is 0.00000529. The molecule has 0 atom stereocenters. The third-order valence-electron chi connectivity index (χ3n) is 2.77. The molecular weight excluding hydrogens is 445 g/mol. The van der Waals surface area contributed by atoms with E-state index in [-0.39, 0.29) is 36.3 Å². The second kappa shape index (κ2) is 13.2. The summed E-state index contributed by atoms with van der Waals surface area (Å²) in [6.45, 7) is 2.30. The van der Waals surface area contributed by atoms with E-state index in [2.05, 4.69) is 15.6 Å². The largest absolute Gasteiger partial charge is 0.492 e. The number of halogens is 1. The molecule has 0 aliphatic carbocycles. The number of nitrogens with zero attached hydrogens (tertiary/aromatic N) is 1. The number of nitrogens with one attached hydrogen (secondary N) is 2. The number of guanidine groups is 1. The maximum Gasteiger partial charge on any atom is 0.191 e. The number of aliphatic imine (C=N–C) groups is 1. The van der Waals surface area contributed by atoms with Gasteiger partial charge in [0.05, 0.1) is 25.5 Å². The van der Waals surface area contributed by atoms with Gasteiger partial charge in [-0.3, -0.25) is 4.99 Å². The quantitative estimate of drug-likeness (QED) is 0.228. The molecular formula is C15H26IN3O4S. The lowest BCUT2D eigenvalue weighted by atomic mass is 10.3. The van der Waals surface area contributed by atoms with Crippen molar-refractivity contribution in [1.82, 2.24) is 10.6 Å². The van der Waals surface area contributed by atoms with Crippen LogP contribution in [0.5, 0.6) is 5.75 Å². The maximum absolute atomic E-state index is 10.9. The summed E-state index contributed by atoms with van der Waals surface area (Å²) < 4.78 is 32.7. The fraction of sp³-hybridized carbons (Fsp3) is 0.533. The van der Waals surface area contributed by atoms with Crippen molar-refractivity contribution < 1.29 is 17.9 Å². The summed E-state index contributed by atoms with van der Waals surface area (Å²) in [5.74, 6) is 1.52. The second-order valence-corrected chi connectivity index (χ2v) is 7.09. The summed E-state index contributed by atoms with van der Waals surface area (Å²) in [5, 5.41) is 6.19. The molecule has 0 saturated heterocycles. The minimum Gasteiger partial charge on any atom is -0.492 e. The van der Waals surface area contributed by atoms with Gasteiger partial charge in [0.15, 0.2) is 5.96 Å². The molecule has 1 rings (SSSR count). The van der Waals surface area contributed by atoms with Gasteiger partial charge in [-0.15, -0.1) is 24.0 Å². The SMILES string of the molecule is CN=C(NCCOCCS(C)(=O)=O)NCCOc1ccccc1.I. The maximum atomic E-state index is 10.9. The van der Waals surface area contributed by atoms with Crippen LogP contribution in [0, 0.1) is 0 Å². The van der Waals surface area contributed by atoms with Crippen LogP contribution >= 0.6 is 24.0 Å². The van der Waals surface area contributed by atoms with Crippen molar-refractivity contribution in [2.75, 3.05) is 52.0 Å². The van der Waals surface area contributed by atoms with E-state index in [0.717, 1.165) is 5.75 Å². The van der Waals surface area contributed by atoms with Crippen LogP contribution in [-0.2, 0) is 14.6 Å². The van der Waals surface area contributed by atoms with Crippen LogP contribution in [0.4, 0.5) is 0 Å². The van der Waals surface area contributed by atoms with Crippen LogP contribution < -0.4 is 15.4 Å². The predicted molar refractivity (Wildman–Crippen MR) is 107 cm³/mol. The van der Waals surface area contributed by atoms with Crippen LogP contribution in [-0.4, -0.2) is 66.3 Å². The molecule has 0 heterocycles. The Hall–Kier alpha value is -1.07. The van der Waals surface area contributed by atoms with Gasteiger partial charge in [0.2, 0.25) is 0 Å². The molecule has 0 bridgehead atoms. The highest BCUT2D eigenvalue weighted by Crippen LogP contribution is 2.07. The van der Waals surface area contributed by atoms with Crippen molar-refractivity contribution in [2.45, 2.75) is 0 Å². The molecule has 0 aliphatic rings. The number of benzene rings is 1. The Kier molecular flexibility index (Phi) is 12.7. The minimum atomic E-state index is -2.97. The number of rotatable bonds is 10. The average Bonchev–Trinajstić information content (AvgIpc) is 2.52. The molecule has 7 nitrogen and oxygen atoms in total. The van der Waals surface area contributed by atoms with Gasteiger partial charge in [-0.25, -0.2) is 8.42 Å². The smallest absolute Gasteiger partial charge is 0.191 e. The molecule has 0 radical (unpaired) electrons. The molecule has 138 valence electrons. The highest BCUT2D eigenvalue weighted by atomic mass is 127. The Labute approximate surface area is 161 Å². The van der Waals surface area contributed by atoms with Gasteiger partial charge in [-0.05, 0) is 12.1 Å². The number of hydrogen-bond acceptors (Lipinski definition) is 5. The Bertz CT molecular complexity index is 567. The fourth-order valence-corrected chi connectivity index (χ4v) is 2.05. The zero-order valence-electron chi connectivity index (χ0n) is 14.0. The number of para-hydroxylation sites is 1. The highest BCUT2D eigenvalue weighted by molar-refractivity contribution is 14.0. The van der Waals surface area contributed by atoms with E-state index in [1.165, 1.54) is 6.26 Å². The van der Waals surface area contributed by atoms with E-state index >= 15 is 0 Å². The van der Waals surface area contributed by atoms with E-state index < -0.39 is 9.84 Å². The van der Waals surface area contributed by atoms with Crippen LogP contribution in [0.15, 0.2) is 35.3 Å². The average molecular weight is 471 g/mol. The Morgan fingerprint density at radius 2 is 1.71 bits per heavy atom. The first-order chi connectivity index (χ1) is 11.0. The van der Waals surface area contributed by atoms with Gasteiger partial charge in [0.25, 0.3) is 0 Å². The first kappa shape index (κ1) is 22.9. The monoisotopic (exact) mass is 471 g/mol. The summed E-state index contributed by atoms with van der Waals surface area (Å²) >= 11 is 0. The lowest BCUT2D eigenvalue weighted by Crippen LogP contribution is -2.40. The van der Waals surface area contributed by atoms with Gasteiger partial charge in [-0.2, -0.15) is 0 Å². The molecule has 1 aromatic carbocycles. The topological polar surface area (TPSA) is 89.0 Å². The second-order valence-electron chi connectivity index (χ2n) is 4.83. The molecule has 0 saturated carbocycles. The zero-order valence-corrected chi connectivity index (χ0v) is 17.2. The molecule has 24 heavy (non-hydrogen) atoms. The third kappa shape index (κ3) is 12.4. The fourth-order valence-electron chi connectivity index (χ4n) is 1.63. The molecule has 2 N–H and O–H groups in total. The molecule has 0 spiro atoms. The van der Waals surface area contributed by atoms with E-state index in [4.69, 9.17) is 9.47 Å². The number of hydrogen-bond donors (Lipinski definition) is 2. The van der Waals surface area contributed by atoms with Gasteiger partial charge in [-0.1, -0.05) is 18.2 Å². The molecule has 0 unspecified atom stereocenters. The van der Waals surface area contributed by atoms with Crippen molar-refractivity contribution in [3.05, 3.63) is 30.3 Å². The minimum absolute atomic E-state index is 0.